The maximum atomic E-state index is 11.9. The summed E-state index contributed by atoms with van der Waals surface area (Å²) < 4.78 is 11.2. The summed E-state index contributed by atoms with van der Waals surface area (Å²) in [6, 6.07) is 3.86. The lowest BCUT2D eigenvalue weighted by molar-refractivity contribution is 0.0121. The number of nitrogens with zero attached hydrogens (tertiary/aromatic N) is 1. The molecule has 6 nitrogen and oxygen atoms in total. The van der Waals surface area contributed by atoms with Crippen LogP contribution in [-0.4, -0.2) is 50.3 Å². The molecule has 2 rings (SSSR count). The van der Waals surface area contributed by atoms with E-state index in [1.807, 2.05) is 19.1 Å². The van der Waals surface area contributed by atoms with E-state index >= 15 is 0 Å². The quantitative estimate of drug-likeness (QED) is 0.842. The van der Waals surface area contributed by atoms with Gasteiger partial charge < -0.3 is 19.8 Å². The molecular weight excluding hydrogens is 282 g/mol. The molecule has 2 N–H and O–H groups in total. The molecule has 1 aromatic heterocycles. The van der Waals surface area contributed by atoms with Gasteiger partial charge in [-0.2, -0.15) is 0 Å². The summed E-state index contributed by atoms with van der Waals surface area (Å²) in [5.74, 6) is 2.22. The smallest absolute Gasteiger partial charge is 0.314 e. The van der Waals surface area contributed by atoms with E-state index in [4.69, 9.17) is 9.15 Å². The molecule has 1 aliphatic heterocycles. The summed E-state index contributed by atoms with van der Waals surface area (Å²) in [7, 11) is 0. The number of aryl methyl sites for hydroxylation is 1. The highest BCUT2D eigenvalue weighted by Gasteiger charge is 2.25. The maximum absolute atomic E-state index is 11.9. The van der Waals surface area contributed by atoms with Crippen molar-refractivity contribution in [1.29, 1.82) is 0 Å². The number of amides is 2. The van der Waals surface area contributed by atoms with Crippen LogP contribution in [0.1, 0.15) is 31.4 Å². The summed E-state index contributed by atoms with van der Waals surface area (Å²) in [6.45, 7) is 10.4. The molecule has 0 bridgehead atoms. The van der Waals surface area contributed by atoms with Crippen LogP contribution in [0.3, 0.4) is 0 Å². The average molecular weight is 309 g/mol. The summed E-state index contributed by atoms with van der Waals surface area (Å²) in [4.78, 5) is 14.2. The molecule has 0 saturated carbocycles. The largest absolute Gasteiger partial charge is 0.465 e. The Labute approximate surface area is 132 Å². The van der Waals surface area contributed by atoms with Gasteiger partial charge in [-0.3, -0.25) is 4.90 Å². The number of carbonyl (C=O) groups is 1. The number of hydrogen-bond acceptors (Lipinski definition) is 4. The zero-order valence-corrected chi connectivity index (χ0v) is 13.7. The third-order valence-corrected chi connectivity index (χ3v) is 3.70. The lowest BCUT2D eigenvalue weighted by Gasteiger charge is -2.33. The minimum atomic E-state index is -0.129. The summed E-state index contributed by atoms with van der Waals surface area (Å²) in [5.41, 5.74) is 0. The first-order chi connectivity index (χ1) is 10.6. The van der Waals surface area contributed by atoms with Crippen LogP contribution in [0, 0.1) is 12.8 Å². The summed E-state index contributed by atoms with van der Waals surface area (Å²) >= 11 is 0. The van der Waals surface area contributed by atoms with Crippen molar-refractivity contribution in [3.05, 3.63) is 23.7 Å². The second kappa shape index (κ2) is 8.19. The third kappa shape index (κ3) is 5.03. The van der Waals surface area contributed by atoms with Crippen molar-refractivity contribution in [1.82, 2.24) is 15.5 Å². The number of furan rings is 1. The van der Waals surface area contributed by atoms with Gasteiger partial charge in [-0.05, 0) is 25.0 Å². The first-order valence-electron chi connectivity index (χ1n) is 7.96. The van der Waals surface area contributed by atoms with Gasteiger partial charge in [0.15, 0.2) is 0 Å². The van der Waals surface area contributed by atoms with E-state index in [0.29, 0.717) is 19.0 Å². The number of morpholine rings is 1. The average Bonchev–Trinajstić information content (AvgIpc) is 2.93. The molecule has 1 saturated heterocycles. The molecule has 6 heteroatoms. The Morgan fingerprint density at radius 1 is 1.23 bits per heavy atom. The SMILES string of the molecule is Cc1ccc(C(CNC(=O)NCC(C)C)N2CCOCC2)o1. The molecular formula is C16H27N3O3. The van der Waals surface area contributed by atoms with Crippen LogP contribution in [0.15, 0.2) is 16.5 Å². The molecule has 1 atom stereocenters. The number of rotatable bonds is 6. The van der Waals surface area contributed by atoms with Crippen LogP contribution in [0.2, 0.25) is 0 Å². The number of ether oxygens (including phenoxy) is 1. The molecule has 1 unspecified atom stereocenters. The maximum Gasteiger partial charge on any atom is 0.314 e. The van der Waals surface area contributed by atoms with E-state index in [-0.39, 0.29) is 12.1 Å². The normalized spacial score (nSPS) is 17.5. The van der Waals surface area contributed by atoms with Crippen molar-refractivity contribution in [3.8, 4) is 0 Å². The molecule has 0 radical (unpaired) electrons. The van der Waals surface area contributed by atoms with Crippen LogP contribution < -0.4 is 10.6 Å². The third-order valence-electron chi connectivity index (χ3n) is 3.70. The summed E-state index contributed by atoms with van der Waals surface area (Å²) in [5, 5.41) is 5.82. The van der Waals surface area contributed by atoms with Gasteiger partial charge in [0.05, 0.1) is 19.3 Å². The fraction of sp³-hybridized carbons (Fsp3) is 0.688. The molecule has 124 valence electrons. The second-order valence-corrected chi connectivity index (χ2v) is 6.10. The van der Waals surface area contributed by atoms with Crippen LogP contribution in [0.25, 0.3) is 0 Å². The number of nitrogens with one attached hydrogen (secondary N) is 2. The standard InChI is InChI=1S/C16H27N3O3/c1-12(2)10-17-16(20)18-11-14(15-5-4-13(3)22-15)19-6-8-21-9-7-19/h4-5,12,14H,6-11H2,1-3H3,(H2,17,18,20). The van der Waals surface area contributed by atoms with E-state index in [0.717, 1.165) is 37.8 Å². The Hall–Kier alpha value is -1.53. The van der Waals surface area contributed by atoms with Crippen LogP contribution in [0.5, 0.6) is 0 Å². The predicted molar refractivity (Wildman–Crippen MR) is 84.8 cm³/mol. The Morgan fingerprint density at radius 3 is 2.50 bits per heavy atom. The highest BCUT2D eigenvalue weighted by Crippen LogP contribution is 2.23. The topological polar surface area (TPSA) is 66.7 Å². The van der Waals surface area contributed by atoms with Crippen LogP contribution >= 0.6 is 0 Å². The lowest BCUT2D eigenvalue weighted by atomic mass is 10.1. The van der Waals surface area contributed by atoms with Gasteiger partial charge in [0.25, 0.3) is 0 Å². The minimum absolute atomic E-state index is 0.0439. The van der Waals surface area contributed by atoms with Gasteiger partial charge in [-0.25, -0.2) is 4.79 Å². The minimum Gasteiger partial charge on any atom is -0.465 e. The molecule has 22 heavy (non-hydrogen) atoms. The molecule has 0 spiro atoms. The lowest BCUT2D eigenvalue weighted by Crippen LogP contribution is -2.46. The molecule has 1 fully saturated rings. The first-order valence-corrected chi connectivity index (χ1v) is 7.96. The van der Waals surface area contributed by atoms with Gasteiger partial charge in [-0.1, -0.05) is 13.8 Å². The Bertz CT molecular complexity index is 467. The molecule has 0 aliphatic carbocycles. The van der Waals surface area contributed by atoms with Crippen LogP contribution in [-0.2, 0) is 4.74 Å². The Kier molecular flexibility index (Phi) is 6.27. The highest BCUT2D eigenvalue weighted by atomic mass is 16.5. The molecule has 1 aromatic rings. The van der Waals surface area contributed by atoms with E-state index in [9.17, 15) is 4.79 Å². The van der Waals surface area contributed by atoms with E-state index in [2.05, 4.69) is 29.4 Å². The number of hydrogen-bond donors (Lipinski definition) is 2. The second-order valence-electron chi connectivity index (χ2n) is 6.10. The summed E-state index contributed by atoms with van der Waals surface area (Å²) in [6.07, 6.45) is 0. The van der Waals surface area contributed by atoms with E-state index in [1.165, 1.54) is 0 Å². The van der Waals surface area contributed by atoms with Crippen molar-refractivity contribution in [2.75, 3.05) is 39.4 Å². The van der Waals surface area contributed by atoms with Crippen molar-refractivity contribution < 1.29 is 13.9 Å². The van der Waals surface area contributed by atoms with E-state index in [1.54, 1.807) is 0 Å². The van der Waals surface area contributed by atoms with Crippen LogP contribution in [0.4, 0.5) is 4.79 Å². The first kappa shape index (κ1) is 16.8. The molecule has 1 aliphatic rings. The number of carbonyl (C=O) groups excluding carboxylic acids is 1. The molecule has 2 amide bonds. The monoisotopic (exact) mass is 309 g/mol. The predicted octanol–water partition coefficient (Wildman–Crippen LogP) is 1.92. The van der Waals surface area contributed by atoms with E-state index < -0.39 is 0 Å². The Morgan fingerprint density at radius 2 is 1.91 bits per heavy atom. The fourth-order valence-corrected chi connectivity index (χ4v) is 2.48. The molecule has 2 heterocycles. The van der Waals surface area contributed by atoms with Gasteiger partial charge in [0.2, 0.25) is 0 Å². The van der Waals surface area contributed by atoms with Crippen molar-refractivity contribution in [2.24, 2.45) is 5.92 Å². The number of urea groups is 1. The van der Waals surface area contributed by atoms with Gasteiger partial charge in [0.1, 0.15) is 11.5 Å². The van der Waals surface area contributed by atoms with Gasteiger partial charge >= 0.3 is 6.03 Å². The zero-order valence-electron chi connectivity index (χ0n) is 13.7. The van der Waals surface area contributed by atoms with Crippen molar-refractivity contribution in [3.63, 3.8) is 0 Å². The van der Waals surface area contributed by atoms with Gasteiger partial charge in [0, 0.05) is 26.2 Å². The van der Waals surface area contributed by atoms with Crippen molar-refractivity contribution in [2.45, 2.75) is 26.8 Å². The van der Waals surface area contributed by atoms with Crippen molar-refractivity contribution >= 4 is 6.03 Å². The van der Waals surface area contributed by atoms with Gasteiger partial charge in [-0.15, -0.1) is 0 Å². The Balaban J connectivity index is 1.94. The zero-order chi connectivity index (χ0) is 15.9. The fourth-order valence-electron chi connectivity index (χ4n) is 2.48. The highest BCUT2D eigenvalue weighted by molar-refractivity contribution is 5.73. The molecule has 0 aromatic carbocycles.